The second-order valence-corrected chi connectivity index (χ2v) is 6.45. The predicted molar refractivity (Wildman–Crippen MR) is 74.4 cm³/mol. The van der Waals surface area contributed by atoms with Crippen molar-refractivity contribution in [1.29, 1.82) is 0 Å². The minimum absolute atomic E-state index is 0.0283. The minimum atomic E-state index is -4.44. The lowest BCUT2D eigenvalue weighted by Crippen LogP contribution is -2.09. The van der Waals surface area contributed by atoms with E-state index in [-0.39, 0.29) is 17.0 Å². The average Bonchev–Trinajstić information content (AvgIpc) is 2.79. The highest BCUT2D eigenvalue weighted by atomic mass is 31.2. The largest absolute Gasteiger partial charge is 0.462 e. The molecule has 0 bridgehead atoms. The lowest BCUT2D eigenvalue weighted by Gasteiger charge is -2.11. The molecule has 0 amide bonds. The molecular formula is C12H16N3O4P. The van der Waals surface area contributed by atoms with Crippen LogP contribution in [-0.4, -0.2) is 19.8 Å². The topological polar surface area (TPSA) is 122 Å². The molecule has 2 aromatic heterocycles. The van der Waals surface area contributed by atoms with Gasteiger partial charge in [-0.25, -0.2) is 9.97 Å². The van der Waals surface area contributed by atoms with Crippen LogP contribution >= 0.6 is 7.60 Å². The molecule has 0 aliphatic heterocycles. The third-order valence-corrected chi connectivity index (χ3v) is 3.66. The van der Waals surface area contributed by atoms with E-state index >= 15 is 0 Å². The van der Waals surface area contributed by atoms with Gasteiger partial charge in [0.15, 0.2) is 5.76 Å². The van der Waals surface area contributed by atoms with Gasteiger partial charge in [-0.05, 0) is 18.4 Å². The van der Waals surface area contributed by atoms with Crippen molar-refractivity contribution in [2.45, 2.75) is 20.3 Å². The van der Waals surface area contributed by atoms with E-state index in [0.29, 0.717) is 18.0 Å². The van der Waals surface area contributed by atoms with Crippen LogP contribution in [0, 0.1) is 5.92 Å². The van der Waals surface area contributed by atoms with Crippen molar-refractivity contribution in [3.8, 4) is 11.5 Å². The fraction of sp³-hybridized carbons (Fsp3) is 0.333. The maximum atomic E-state index is 11.5. The van der Waals surface area contributed by atoms with Gasteiger partial charge in [-0.1, -0.05) is 13.8 Å². The monoisotopic (exact) mass is 297 g/mol. The quantitative estimate of drug-likeness (QED) is 0.727. The maximum absolute atomic E-state index is 11.5. The van der Waals surface area contributed by atoms with Crippen molar-refractivity contribution >= 4 is 18.8 Å². The van der Waals surface area contributed by atoms with Crippen LogP contribution in [0.2, 0.25) is 0 Å². The van der Waals surface area contributed by atoms with Gasteiger partial charge in [0.2, 0.25) is 5.95 Å². The maximum Gasteiger partial charge on any atom is 0.360 e. The summed E-state index contributed by atoms with van der Waals surface area (Å²) in [6.45, 7) is 4.04. The van der Waals surface area contributed by atoms with Crippen LogP contribution in [0.4, 0.5) is 5.95 Å². The molecule has 2 aromatic rings. The molecule has 20 heavy (non-hydrogen) atoms. The highest BCUT2D eigenvalue weighted by Gasteiger charge is 2.27. The van der Waals surface area contributed by atoms with Crippen LogP contribution in [0.5, 0.6) is 0 Å². The molecule has 0 radical (unpaired) electrons. The first-order chi connectivity index (χ1) is 9.29. The molecule has 0 fully saturated rings. The van der Waals surface area contributed by atoms with Crippen molar-refractivity contribution in [2.24, 2.45) is 5.92 Å². The number of hydrogen-bond donors (Lipinski definition) is 3. The Morgan fingerprint density at radius 3 is 2.75 bits per heavy atom. The summed E-state index contributed by atoms with van der Waals surface area (Å²) < 4.78 is 16.7. The Labute approximate surface area is 116 Å². The van der Waals surface area contributed by atoms with Gasteiger partial charge in [-0.3, -0.25) is 4.57 Å². The van der Waals surface area contributed by atoms with Crippen LogP contribution in [-0.2, 0) is 11.0 Å². The molecule has 2 heterocycles. The first-order valence-electron chi connectivity index (χ1n) is 6.04. The van der Waals surface area contributed by atoms with Gasteiger partial charge in [0, 0.05) is 11.8 Å². The van der Waals surface area contributed by atoms with Crippen LogP contribution in [0.1, 0.15) is 19.4 Å². The number of hydrogen-bond acceptors (Lipinski definition) is 5. The number of rotatable bonds is 4. The molecule has 7 nitrogen and oxygen atoms in total. The Bertz CT molecular complexity index is 662. The van der Waals surface area contributed by atoms with Gasteiger partial charge >= 0.3 is 7.60 Å². The van der Waals surface area contributed by atoms with E-state index in [1.54, 1.807) is 6.20 Å². The predicted octanol–water partition coefficient (Wildman–Crippen LogP) is 1.32. The van der Waals surface area contributed by atoms with Crippen molar-refractivity contribution in [3.05, 3.63) is 24.1 Å². The third kappa shape index (κ3) is 3.07. The molecule has 0 aliphatic rings. The molecule has 0 saturated heterocycles. The summed E-state index contributed by atoms with van der Waals surface area (Å²) in [5, 5.41) is -0.194. The van der Waals surface area contributed by atoms with Gasteiger partial charge in [-0.15, -0.1) is 0 Å². The Kier molecular flexibility index (Phi) is 3.94. The van der Waals surface area contributed by atoms with Gasteiger partial charge in [0.1, 0.15) is 11.0 Å². The average molecular weight is 297 g/mol. The Morgan fingerprint density at radius 2 is 2.15 bits per heavy atom. The molecule has 0 atom stereocenters. The molecule has 4 N–H and O–H groups in total. The van der Waals surface area contributed by atoms with Crippen molar-refractivity contribution < 1.29 is 18.8 Å². The van der Waals surface area contributed by atoms with E-state index in [1.807, 2.05) is 13.8 Å². The lowest BCUT2D eigenvalue weighted by atomic mass is 10.0. The summed E-state index contributed by atoms with van der Waals surface area (Å²) in [5.41, 5.74) is 6.63. The molecule has 0 unspecified atom stereocenters. The second-order valence-electron chi connectivity index (χ2n) is 4.88. The first kappa shape index (κ1) is 14.7. The molecular weight excluding hydrogens is 281 g/mol. The smallest absolute Gasteiger partial charge is 0.360 e. The van der Waals surface area contributed by atoms with Crippen molar-refractivity contribution in [2.75, 3.05) is 5.73 Å². The van der Waals surface area contributed by atoms with Crippen LogP contribution in [0.3, 0.4) is 0 Å². The van der Waals surface area contributed by atoms with Gasteiger partial charge in [0.05, 0.1) is 6.26 Å². The molecule has 0 aromatic carbocycles. The number of aromatic nitrogens is 2. The number of nitrogens with zero attached hydrogens (tertiary/aromatic N) is 2. The third-order valence-electron chi connectivity index (χ3n) is 2.68. The summed E-state index contributed by atoms with van der Waals surface area (Å²) in [7, 11) is -4.44. The van der Waals surface area contributed by atoms with Gasteiger partial charge in [-0.2, -0.15) is 0 Å². The van der Waals surface area contributed by atoms with Gasteiger partial charge in [0.25, 0.3) is 0 Å². The Hall–Kier alpha value is -1.69. The van der Waals surface area contributed by atoms with Gasteiger partial charge < -0.3 is 19.9 Å². The second kappa shape index (κ2) is 5.36. The van der Waals surface area contributed by atoms with Crippen LogP contribution < -0.4 is 11.0 Å². The number of furan rings is 1. The normalized spacial score (nSPS) is 12.1. The molecule has 2 rings (SSSR count). The van der Waals surface area contributed by atoms with E-state index in [0.717, 1.165) is 5.56 Å². The standard InChI is InChI=1S/C12H16N3O4P/c1-7(2)5-8-6-14-12(13)15-10(8)11-9(3-4-19-11)20(16,17)18/h3-4,6-7H,5H2,1-2H3,(H2,13,14,15)(H2,16,17,18). The molecule has 0 aliphatic carbocycles. The van der Waals surface area contributed by atoms with E-state index in [9.17, 15) is 14.4 Å². The zero-order valence-electron chi connectivity index (χ0n) is 11.1. The first-order valence-corrected chi connectivity index (χ1v) is 7.65. The molecule has 8 heteroatoms. The minimum Gasteiger partial charge on any atom is -0.462 e. The number of nitrogens with two attached hydrogens (primary N) is 1. The zero-order chi connectivity index (χ0) is 14.9. The summed E-state index contributed by atoms with van der Waals surface area (Å²) >= 11 is 0. The Morgan fingerprint density at radius 1 is 1.45 bits per heavy atom. The summed E-state index contributed by atoms with van der Waals surface area (Å²) in [5.74, 6) is 0.401. The SMILES string of the molecule is CC(C)Cc1cnc(N)nc1-c1occc1P(=O)(O)O. The molecule has 0 saturated carbocycles. The number of nitrogen functional groups attached to an aromatic ring is 1. The van der Waals surface area contributed by atoms with E-state index in [1.165, 1.54) is 12.3 Å². The van der Waals surface area contributed by atoms with E-state index in [2.05, 4.69) is 9.97 Å². The summed E-state index contributed by atoms with van der Waals surface area (Å²) in [6.07, 6.45) is 3.43. The van der Waals surface area contributed by atoms with Crippen molar-refractivity contribution in [3.63, 3.8) is 0 Å². The van der Waals surface area contributed by atoms with Crippen LogP contribution in [0.15, 0.2) is 22.9 Å². The number of anilines is 1. The fourth-order valence-corrected chi connectivity index (χ4v) is 2.59. The lowest BCUT2D eigenvalue weighted by molar-refractivity contribution is 0.387. The van der Waals surface area contributed by atoms with E-state index < -0.39 is 7.60 Å². The van der Waals surface area contributed by atoms with Crippen molar-refractivity contribution in [1.82, 2.24) is 9.97 Å². The van der Waals surface area contributed by atoms with Crippen LogP contribution in [0.25, 0.3) is 11.5 Å². The highest BCUT2D eigenvalue weighted by molar-refractivity contribution is 7.60. The molecule has 108 valence electrons. The molecule has 0 spiro atoms. The highest BCUT2D eigenvalue weighted by Crippen LogP contribution is 2.38. The summed E-state index contributed by atoms with van der Waals surface area (Å²) in [4.78, 5) is 26.7. The summed E-state index contributed by atoms with van der Waals surface area (Å²) in [6, 6.07) is 1.24. The zero-order valence-corrected chi connectivity index (χ0v) is 12.0. The fourth-order valence-electron chi connectivity index (χ4n) is 1.92. The van der Waals surface area contributed by atoms with E-state index in [4.69, 9.17) is 10.2 Å². The Balaban J connectivity index is 2.60.